The molecule has 3 N–H and O–H groups in total. The van der Waals surface area contributed by atoms with Crippen LogP contribution in [0.25, 0.3) is 0 Å². The van der Waals surface area contributed by atoms with Crippen LogP contribution < -0.4 is 11.1 Å². The van der Waals surface area contributed by atoms with Gasteiger partial charge in [0, 0.05) is 39.1 Å². The number of guanidine groups is 1. The lowest BCUT2D eigenvalue weighted by atomic mass is 9.95. The molecule has 1 rings (SSSR count). The van der Waals surface area contributed by atoms with Gasteiger partial charge in [0.05, 0.1) is 0 Å². The van der Waals surface area contributed by atoms with Gasteiger partial charge in [0.15, 0.2) is 5.96 Å². The smallest absolute Gasteiger partial charge is 0.217 e. The molecule has 1 amide bonds. The van der Waals surface area contributed by atoms with E-state index in [0.717, 1.165) is 51.5 Å². The topological polar surface area (TPSA) is 74.0 Å². The fraction of sp³-hybridized carbons (Fsp3) is 0.875. The lowest BCUT2D eigenvalue weighted by molar-refractivity contribution is -0.119. The number of rotatable bonds is 7. The summed E-state index contributed by atoms with van der Waals surface area (Å²) in [5, 5.41) is 3.48. The number of likely N-dealkylation sites (tertiary alicyclic amines) is 1. The average Bonchev–Trinajstić information content (AvgIpc) is 2.49. The quantitative estimate of drug-likeness (QED) is 0.541. The van der Waals surface area contributed by atoms with Crippen LogP contribution in [0.2, 0.25) is 0 Å². The Morgan fingerprint density at radius 1 is 1.45 bits per heavy atom. The van der Waals surface area contributed by atoms with Gasteiger partial charge in [0.25, 0.3) is 0 Å². The third-order valence-electron chi connectivity index (χ3n) is 4.51. The third kappa shape index (κ3) is 5.83. The summed E-state index contributed by atoms with van der Waals surface area (Å²) in [4.78, 5) is 20.2. The molecule has 1 aliphatic heterocycles. The van der Waals surface area contributed by atoms with Crippen molar-refractivity contribution in [3.05, 3.63) is 0 Å². The second kappa shape index (κ2) is 9.66. The number of carbonyl (C=O) groups is 1. The molecule has 0 aromatic heterocycles. The van der Waals surface area contributed by atoms with Crippen LogP contribution in [0.5, 0.6) is 0 Å². The van der Waals surface area contributed by atoms with Gasteiger partial charge in [-0.2, -0.15) is 0 Å². The Kier molecular flexibility index (Phi) is 8.24. The molecule has 0 aromatic carbocycles. The lowest BCUT2D eigenvalue weighted by Gasteiger charge is -2.35. The highest BCUT2D eigenvalue weighted by Crippen LogP contribution is 2.19. The van der Waals surface area contributed by atoms with Crippen LogP contribution >= 0.6 is 0 Å². The molecule has 1 aliphatic rings. The monoisotopic (exact) mass is 311 g/mol. The molecule has 2 atom stereocenters. The van der Waals surface area contributed by atoms with E-state index in [2.05, 4.69) is 40.9 Å². The zero-order valence-corrected chi connectivity index (χ0v) is 14.6. The summed E-state index contributed by atoms with van der Waals surface area (Å²) in [5.41, 5.74) is 5.33. The molecule has 22 heavy (non-hydrogen) atoms. The van der Waals surface area contributed by atoms with Crippen LogP contribution in [0.3, 0.4) is 0 Å². The van der Waals surface area contributed by atoms with Crippen molar-refractivity contribution in [3.8, 4) is 0 Å². The van der Waals surface area contributed by atoms with Crippen molar-refractivity contribution >= 4 is 11.9 Å². The van der Waals surface area contributed by atoms with Gasteiger partial charge in [-0.3, -0.25) is 14.7 Å². The first-order chi connectivity index (χ1) is 10.5. The van der Waals surface area contributed by atoms with Crippen LogP contribution in [-0.4, -0.2) is 67.5 Å². The molecule has 0 spiro atoms. The summed E-state index contributed by atoms with van der Waals surface area (Å²) in [6, 6.07) is 0.470. The van der Waals surface area contributed by atoms with E-state index < -0.39 is 0 Å². The maximum Gasteiger partial charge on any atom is 0.217 e. The number of nitrogens with one attached hydrogen (secondary N) is 1. The number of amides is 1. The average molecular weight is 311 g/mol. The van der Waals surface area contributed by atoms with E-state index in [-0.39, 0.29) is 5.91 Å². The van der Waals surface area contributed by atoms with Crippen LogP contribution in [0.4, 0.5) is 0 Å². The molecule has 0 radical (unpaired) electrons. The van der Waals surface area contributed by atoms with Crippen LogP contribution in [0.1, 0.15) is 40.0 Å². The fourth-order valence-corrected chi connectivity index (χ4v) is 3.26. The molecular formula is C16H33N5O. The van der Waals surface area contributed by atoms with E-state index in [9.17, 15) is 4.79 Å². The predicted molar refractivity (Wildman–Crippen MR) is 91.9 cm³/mol. The van der Waals surface area contributed by atoms with Gasteiger partial charge < -0.3 is 16.0 Å². The molecule has 6 heteroatoms. The van der Waals surface area contributed by atoms with Crippen molar-refractivity contribution in [2.24, 2.45) is 16.6 Å². The second-order valence-corrected chi connectivity index (χ2v) is 6.12. The van der Waals surface area contributed by atoms with Gasteiger partial charge in [-0.1, -0.05) is 13.8 Å². The maximum atomic E-state index is 11.1. The normalized spacial score (nSPS) is 21.0. The Morgan fingerprint density at radius 2 is 2.14 bits per heavy atom. The van der Waals surface area contributed by atoms with E-state index in [1.165, 1.54) is 0 Å². The Hall–Kier alpha value is -1.30. The molecule has 0 bridgehead atoms. The zero-order chi connectivity index (χ0) is 16.5. The standard InChI is InChI=1S/C16H33N5O/c1-5-20(6-2)13(3)11-19-16(18-4)21-9-7-8-14(12-21)10-15(17)22/h13-14H,5-12H2,1-4H3,(H2,17,22)(H,18,19). The summed E-state index contributed by atoms with van der Waals surface area (Å²) in [7, 11) is 1.82. The summed E-state index contributed by atoms with van der Waals surface area (Å²) in [5.74, 6) is 1.09. The van der Waals surface area contributed by atoms with Gasteiger partial charge >= 0.3 is 0 Å². The highest BCUT2D eigenvalue weighted by atomic mass is 16.1. The largest absolute Gasteiger partial charge is 0.370 e. The number of likely N-dealkylation sites (N-methyl/N-ethyl adjacent to an activating group) is 1. The Morgan fingerprint density at radius 3 is 2.68 bits per heavy atom. The van der Waals surface area contributed by atoms with E-state index in [4.69, 9.17) is 5.73 Å². The molecule has 6 nitrogen and oxygen atoms in total. The Balaban J connectivity index is 2.51. The molecule has 2 unspecified atom stereocenters. The van der Waals surface area contributed by atoms with E-state index in [1.807, 2.05) is 7.05 Å². The number of nitrogens with zero attached hydrogens (tertiary/aromatic N) is 3. The fourth-order valence-electron chi connectivity index (χ4n) is 3.26. The van der Waals surface area contributed by atoms with Gasteiger partial charge in [-0.25, -0.2) is 0 Å². The van der Waals surface area contributed by atoms with Crippen molar-refractivity contribution in [3.63, 3.8) is 0 Å². The van der Waals surface area contributed by atoms with Crippen LogP contribution in [0.15, 0.2) is 4.99 Å². The summed E-state index contributed by atoms with van der Waals surface area (Å²) >= 11 is 0. The van der Waals surface area contributed by atoms with Crippen molar-refractivity contribution in [2.75, 3.05) is 39.8 Å². The van der Waals surface area contributed by atoms with Gasteiger partial charge in [-0.15, -0.1) is 0 Å². The van der Waals surface area contributed by atoms with Gasteiger partial charge in [-0.05, 0) is 38.8 Å². The SMILES string of the molecule is CCN(CC)C(C)CNC(=NC)N1CCCC(CC(N)=O)C1. The summed E-state index contributed by atoms with van der Waals surface area (Å²) in [6.45, 7) is 11.5. The van der Waals surface area contributed by atoms with E-state index in [0.29, 0.717) is 18.4 Å². The molecule has 0 aliphatic carbocycles. The molecule has 128 valence electrons. The van der Waals surface area contributed by atoms with Crippen LogP contribution in [0, 0.1) is 5.92 Å². The van der Waals surface area contributed by atoms with Crippen molar-refractivity contribution in [1.82, 2.24) is 15.1 Å². The lowest BCUT2D eigenvalue weighted by Crippen LogP contribution is -2.50. The first-order valence-electron chi connectivity index (χ1n) is 8.49. The third-order valence-corrected chi connectivity index (χ3v) is 4.51. The van der Waals surface area contributed by atoms with E-state index >= 15 is 0 Å². The molecular weight excluding hydrogens is 278 g/mol. The number of nitrogens with two attached hydrogens (primary N) is 1. The molecule has 1 saturated heterocycles. The number of aliphatic imine (C=N–C) groups is 1. The van der Waals surface area contributed by atoms with Crippen molar-refractivity contribution < 1.29 is 4.79 Å². The van der Waals surface area contributed by atoms with E-state index in [1.54, 1.807) is 0 Å². The Labute approximate surface area is 135 Å². The van der Waals surface area contributed by atoms with Crippen LogP contribution in [-0.2, 0) is 4.79 Å². The van der Waals surface area contributed by atoms with Crippen molar-refractivity contribution in [2.45, 2.75) is 46.1 Å². The first kappa shape index (κ1) is 18.7. The number of hydrogen-bond donors (Lipinski definition) is 2. The highest BCUT2D eigenvalue weighted by Gasteiger charge is 2.23. The number of piperidine rings is 1. The summed E-state index contributed by atoms with van der Waals surface area (Å²) in [6.07, 6.45) is 2.64. The minimum atomic E-state index is -0.204. The maximum absolute atomic E-state index is 11.1. The number of hydrogen-bond acceptors (Lipinski definition) is 3. The number of carbonyl (C=O) groups excluding carboxylic acids is 1. The van der Waals surface area contributed by atoms with Gasteiger partial charge in [0.2, 0.25) is 5.91 Å². The minimum Gasteiger partial charge on any atom is -0.370 e. The zero-order valence-electron chi connectivity index (χ0n) is 14.6. The first-order valence-corrected chi connectivity index (χ1v) is 8.49. The molecule has 1 fully saturated rings. The molecule has 0 saturated carbocycles. The Bertz CT molecular complexity index is 368. The second-order valence-electron chi connectivity index (χ2n) is 6.12. The van der Waals surface area contributed by atoms with Crippen molar-refractivity contribution in [1.29, 1.82) is 0 Å². The highest BCUT2D eigenvalue weighted by molar-refractivity contribution is 5.80. The number of primary amides is 1. The van der Waals surface area contributed by atoms with Gasteiger partial charge in [0.1, 0.15) is 0 Å². The summed E-state index contributed by atoms with van der Waals surface area (Å²) < 4.78 is 0. The minimum absolute atomic E-state index is 0.204. The predicted octanol–water partition coefficient (Wildman–Crippen LogP) is 0.880. The molecule has 1 heterocycles. The molecule has 0 aromatic rings.